The Morgan fingerprint density at radius 3 is 2.27 bits per heavy atom. The molecule has 0 aromatic heterocycles. The molecule has 0 radical (unpaired) electrons. The summed E-state index contributed by atoms with van der Waals surface area (Å²) in [4.78, 5) is 0. The Bertz CT molecular complexity index is 715. The van der Waals surface area contributed by atoms with Crippen molar-refractivity contribution in [1.82, 2.24) is 0 Å². The average molecular weight is 404 g/mol. The van der Waals surface area contributed by atoms with E-state index in [0.717, 1.165) is 5.69 Å². The number of nitrogens with one attached hydrogen (secondary N) is 1. The number of hydrogen-bond acceptors (Lipinski definition) is 1. The number of benzene rings is 2. The molecular formula is C19H21IN2. The molecule has 2 aromatic carbocycles. The third-order valence-electron chi connectivity index (χ3n) is 4.21. The van der Waals surface area contributed by atoms with Gasteiger partial charge in [0, 0.05) is 29.6 Å². The van der Waals surface area contributed by atoms with E-state index in [0.29, 0.717) is 0 Å². The molecular weight excluding hydrogens is 383 g/mol. The summed E-state index contributed by atoms with van der Waals surface area (Å²) in [6.45, 7) is 4.55. The van der Waals surface area contributed by atoms with Crippen molar-refractivity contribution in [3.8, 4) is 0 Å². The van der Waals surface area contributed by atoms with E-state index in [-0.39, 0.29) is 29.4 Å². The molecule has 0 bridgehead atoms. The molecule has 1 N–H and O–H groups in total. The van der Waals surface area contributed by atoms with E-state index in [1.54, 1.807) is 0 Å². The van der Waals surface area contributed by atoms with Crippen molar-refractivity contribution in [3.05, 3.63) is 72.4 Å². The van der Waals surface area contributed by atoms with E-state index in [2.05, 4.69) is 73.3 Å². The van der Waals surface area contributed by atoms with E-state index in [1.165, 1.54) is 17.0 Å². The predicted molar refractivity (Wildman–Crippen MR) is 89.5 cm³/mol. The van der Waals surface area contributed by atoms with Crippen LogP contribution in [-0.2, 0) is 5.41 Å². The van der Waals surface area contributed by atoms with E-state index >= 15 is 0 Å². The molecule has 0 amide bonds. The van der Waals surface area contributed by atoms with Crippen molar-refractivity contribution >= 4 is 17.1 Å². The minimum absolute atomic E-state index is 0. The summed E-state index contributed by atoms with van der Waals surface area (Å²) in [5, 5.41) is 3.33. The number of halogens is 1. The van der Waals surface area contributed by atoms with E-state index in [1.807, 2.05) is 24.4 Å². The second-order valence-electron chi connectivity index (χ2n) is 5.93. The molecule has 1 heterocycles. The largest absolute Gasteiger partial charge is 1.00 e. The highest BCUT2D eigenvalue weighted by atomic mass is 127. The van der Waals surface area contributed by atoms with Gasteiger partial charge in [0.2, 0.25) is 5.69 Å². The minimum atomic E-state index is 0. The summed E-state index contributed by atoms with van der Waals surface area (Å²) in [6, 6.07) is 18.8. The molecule has 0 fully saturated rings. The van der Waals surface area contributed by atoms with Crippen LogP contribution in [0.15, 0.2) is 66.9 Å². The summed E-state index contributed by atoms with van der Waals surface area (Å²) in [6.07, 6.45) is 4.20. The quantitative estimate of drug-likeness (QED) is 0.603. The van der Waals surface area contributed by atoms with Crippen LogP contribution in [0.4, 0.5) is 11.4 Å². The normalized spacial score (nSPS) is 15.6. The van der Waals surface area contributed by atoms with Crippen LogP contribution >= 0.6 is 0 Å². The third kappa shape index (κ3) is 2.95. The van der Waals surface area contributed by atoms with Gasteiger partial charge in [0.1, 0.15) is 7.05 Å². The molecule has 0 aliphatic carbocycles. The number of hydrogen-bond donors (Lipinski definition) is 1. The molecule has 0 saturated heterocycles. The Kier molecular flexibility index (Phi) is 5.06. The van der Waals surface area contributed by atoms with Crippen molar-refractivity contribution in [2.75, 3.05) is 12.4 Å². The molecule has 2 nitrogen and oxygen atoms in total. The molecule has 3 heteroatoms. The summed E-state index contributed by atoms with van der Waals surface area (Å²) < 4.78 is 2.28. The monoisotopic (exact) mass is 404 g/mol. The van der Waals surface area contributed by atoms with Crippen LogP contribution in [-0.4, -0.2) is 17.3 Å². The average Bonchev–Trinajstić information content (AvgIpc) is 2.70. The molecule has 2 aromatic rings. The highest BCUT2D eigenvalue weighted by Crippen LogP contribution is 2.38. The first kappa shape index (κ1) is 16.7. The topological polar surface area (TPSA) is 15.0 Å². The van der Waals surface area contributed by atoms with E-state index in [9.17, 15) is 0 Å². The first-order valence-corrected chi connectivity index (χ1v) is 7.29. The van der Waals surface area contributed by atoms with Gasteiger partial charge in [-0.1, -0.05) is 36.4 Å². The zero-order valence-corrected chi connectivity index (χ0v) is 15.3. The summed E-state index contributed by atoms with van der Waals surface area (Å²) >= 11 is 0. The standard InChI is InChI=1S/C19H20N2.HI/c1-19(2)16-11-7-8-12-17(16)21(3)18(19)13-14-20-15-9-5-4-6-10-15;/h4-14H,1-3H3;1H. The molecule has 0 unspecified atom stereocenters. The fraction of sp³-hybridized carbons (Fsp3) is 0.211. The van der Waals surface area contributed by atoms with Gasteiger partial charge in [-0.3, -0.25) is 0 Å². The highest BCUT2D eigenvalue weighted by Gasteiger charge is 2.42. The lowest BCUT2D eigenvalue weighted by Crippen LogP contribution is -3.00. The van der Waals surface area contributed by atoms with Crippen LogP contribution in [0.2, 0.25) is 0 Å². The van der Waals surface area contributed by atoms with Crippen molar-refractivity contribution in [2.24, 2.45) is 0 Å². The maximum Gasteiger partial charge on any atom is 0.209 e. The second kappa shape index (κ2) is 6.65. The van der Waals surface area contributed by atoms with Crippen LogP contribution in [0.5, 0.6) is 0 Å². The van der Waals surface area contributed by atoms with Gasteiger partial charge >= 0.3 is 0 Å². The van der Waals surface area contributed by atoms with Crippen LogP contribution in [0.25, 0.3) is 0 Å². The number of fused-ring (bicyclic) bond motifs is 1. The summed E-state index contributed by atoms with van der Waals surface area (Å²) in [5.74, 6) is 0. The molecule has 114 valence electrons. The van der Waals surface area contributed by atoms with Crippen molar-refractivity contribution in [2.45, 2.75) is 19.3 Å². The van der Waals surface area contributed by atoms with Gasteiger partial charge in [0.05, 0.1) is 5.41 Å². The van der Waals surface area contributed by atoms with Crippen LogP contribution < -0.4 is 29.3 Å². The number of anilines is 1. The summed E-state index contributed by atoms with van der Waals surface area (Å²) in [7, 11) is 2.13. The molecule has 1 aliphatic heterocycles. The van der Waals surface area contributed by atoms with Crippen molar-refractivity contribution in [3.63, 3.8) is 0 Å². The Balaban J connectivity index is 0.00000176. The fourth-order valence-corrected chi connectivity index (χ4v) is 3.05. The highest BCUT2D eigenvalue weighted by molar-refractivity contribution is 6.03. The zero-order chi connectivity index (χ0) is 14.9. The maximum atomic E-state index is 3.33. The Labute approximate surface area is 149 Å². The lowest BCUT2D eigenvalue weighted by atomic mass is 9.81. The van der Waals surface area contributed by atoms with Gasteiger partial charge in [-0.2, -0.15) is 4.58 Å². The molecule has 0 atom stereocenters. The first-order chi connectivity index (χ1) is 10.1. The molecule has 0 spiro atoms. The maximum absolute atomic E-state index is 3.33. The minimum Gasteiger partial charge on any atom is -1.00 e. The van der Waals surface area contributed by atoms with Gasteiger partial charge in [0.15, 0.2) is 5.71 Å². The summed E-state index contributed by atoms with van der Waals surface area (Å²) in [5.41, 5.74) is 5.10. The first-order valence-electron chi connectivity index (χ1n) is 7.29. The third-order valence-corrected chi connectivity index (χ3v) is 4.21. The lowest BCUT2D eigenvalue weighted by molar-refractivity contribution is -0.401. The van der Waals surface area contributed by atoms with Gasteiger partial charge in [-0.25, -0.2) is 0 Å². The van der Waals surface area contributed by atoms with Crippen LogP contribution in [0, 0.1) is 0 Å². The molecule has 3 rings (SSSR count). The van der Waals surface area contributed by atoms with E-state index < -0.39 is 0 Å². The fourth-order valence-electron chi connectivity index (χ4n) is 3.05. The Hall–Kier alpha value is -1.62. The van der Waals surface area contributed by atoms with Gasteiger partial charge < -0.3 is 29.3 Å². The Morgan fingerprint density at radius 1 is 0.955 bits per heavy atom. The van der Waals surface area contributed by atoms with Gasteiger partial charge in [0.25, 0.3) is 0 Å². The SMILES string of the molecule is C[N+]1=C(/C=C/Nc2ccccc2)C(C)(C)c2ccccc21.[I-]. The number of para-hydroxylation sites is 2. The van der Waals surface area contributed by atoms with E-state index in [4.69, 9.17) is 0 Å². The molecule has 22 heavy (non-hydrogen) atoms. The number of allylic oxidation sites excluding steroid dienone is 1. The van der Waals surface area contributed by atoms with Gasteiger partial charge in [-0.05, 0) is 26.0 Å². The Morgan fingerprint density at radius 2 is 1.59 bits per heavy atom. The van der Waals surface area contributed by atoms with Crippen molar-refractivity contribution < 1.29 is 28.6 Å². The molecule has 1 aliphatic rings. The second-order valence-corrected chi connectivity index (χ2v) is 5.93. The van der Waals surface area contributed by atoms with Gasteiger partial charge in [-0.15, -0.1) is 0 Å². The number of nitrogens with zero attached hydrogens (tertiary/aromatic N) is 1. The smallest absolute Gasteiger partial charge is 0.209 e. The molecule has 0 saturated carbocycles. The van der Waals surface area contributed by atoms with Crippen molar-refractivity contribution in [1.29, 1.82) is 0 Å². The zero-order valence-electron chi connectivity index (χ0n) is 13.2. The predicted octanol–water partition coefficient (Wildman–Crippen LogP) is 1.32. The number of rotatable bonds is 3. The van der Waals surface area contributed by atoms with Crippen LogP contribution in [0.1, 0.15) is 19.4 Å². The van der Waals surface area contributed by atoms with Crippen LogP contribution in [0.3, 0.4) is 0 Å². The lowest BCUT2D eigenvalue weighted by Gasteiger charge is -2.15.